The predicted octanol–water partition coefficient (Wildman–Crippen LogP) is 1.59. The number of hydrogen-bond donors (Lipinski definition) is 2. The molecular weight excluding hydrogens is 689 g/mol. The molecule has 0 bridgehead atoms. The molecule has 0 aliphatic carbocycles. The molecule has 0 saturated heterocycles. The van der Waals surface area contributed by atoms with E-state index in [4.69, 9.17) is 16.3 Å². The fourth-order valence-electron chi connectivity index (χ4n) is 2.87. The molecule has 1 amide bonds. The predicted molar refractivity (Wildman–Crippen MR) is 166 cm³/mol. The van der Waals surface area contributed by atoms with Crippen molar-refractivity contribution < 1.29 is 40.2 Å². The van der Waals surface area contributed by atoms with Crippen LogP contribution in [-0.4, -0.2) is 85.4 Å². The van der Waals surface area contributed by atoms with Gasteiger partial charge >= 0.3 is 23.1 Å². The topological polar surface area (TPSA) is 150 Å². The minimum absolute atomic E-state index is 0. The maximum absolute atomic E-state index is 12.8. The van der Waals surface area contributed by atoms with Crippen molar-refractivity contribution in [3.05, 3.63) is 95.3 Å². The SMILES string of the molecule is CCSc1ncc(C(=O)N(C)OC)c(N)n1.CCSc1ncc(C(=O)c2ccc(F)cc2)c(N)n1.Fc1cc[c-]cc1.[Br-].[Mg+2]. The standard InChI is InChI=1S/C13H12FN3OS.C9H14N4O2S.C6H4F.BrH.Mg/c1-2-19-13-16-7-10(12(15)17-13)11(18)8-3-5-9(14)6-4-8;1-4-16-9-11-5-6(7(10)12-9)8(14)13(2)15-3;7-6-4-2-1-3-5-6;;/h3-7H,2H2,1H3,(H2,15,16,17);5H,4H2,1-3H3,(H2,10,11,12);2-5H;1H;/q;;-1;;+2/p-1. The Kier molecular flexibility index (Phi) is 20.3. The quantitative estimate of drug-likeness (QED) is 0.0683. The zero-order chi connectivity index (χ0) is 31.1. The maximum atomic E-state index is 12.8. The molecule has 0 fully saturated rings. The number of hydrogen-bond acceptors (Lipinski definition) is 11. The van der Waals surface area contributed by atoms with Crippen molar-refractivity contribution in [3.8, 4) is 0 Å². The second kappa shape index (κ2) is 21.7. The van der Waals surface area contributed by atoms with Crippen LogP contribution < -0.4 is 28.4 Å². The molecule has 10 nitrogen and oxygen atoms in total. The van der Waals surface area contributed by atoms with Gasteiger partial charge in [-0.2, -0.15) is 18.2 Å². The average Bonchev–Trinajstić information content (AvgIpc) is 2.98. The summed E-state index contributed by atoms with van der Waals surface area (Å²) in [6.07, 6.45) is 2.82. The first kappa shape index (κ1) is 41.1. The van der Waals surface area contributed by atoms with Crippen LogP contribution in [0.15, 0.2) is 71.2 Å². The maximum Gasteiger partial charge on any atom is 2.00 e. The van der Waals surface area contributed by atoms with Crippen LogP contribution in [0.25, 0.3) is 0 Å². The number of anilines is 2. The number of rotatable bonds is 8. The molecule has 4 N–H and O–H groups in total. The molecule has 0 aliphatic rings. The van der Waals surface area contributed by atoms with E-state index in [1.165, 1.54) is 98.6 Å². The summed E-state index contributed by atoms with van der Waals surface area (Å²) in [5, 5.41) is 2.18. The molecule has 0 unspecified atom stereocenters. The number of nitrogen functional groups attached to an aromatic ring is 2. The smallest absolute Gasteiger partial charge is 1.00 e. The van der Waals surface area contributed by atoms with Crippen molar-refractivity contribution in [2.45, 2.75) is 24.2 Å². The molecule has 2 heterocycles. The van der Waals surface area contributed by atoms with E-state index in [2.05, 4.69) is 26.0 Å². The van der Waals surface area contributed by atoms with Crippen LogP contribution in [0.4, 0.5) is 20.4 Å². The van der Waals surface area contributed by atoms with E-state index in [0.29, 0.717) is 15.9 Å². The van der Waals surface area contributed by atoms with Crippen LogP contribution in [0.2, 0.25) is 0 Å². The minimum atomic E-state index is -0.393. The van der Waals surface area contributed by atoms with Crippen LogP contribution in [0.5, 0.6) is 0 Å². The molecule has 44 heavy (non-hydrogen) atoms. The van der Waals surface area contributed by atoms with Crippen molar-refractivity contribution in [3.63, 3.8) is 0 Å². The minimum Gasteiger partial charge on any atom is -1.00 e. The number of halogens is 3. The fraction of sp³-hybridized carbons (Fsp3) is 0.214. The first-order chi connectivity index (χ1) is 20.1. The molecule has 0 spiro atoms. The molecule has 16 heteroatoms. The summed E-state index contributed by atoms with van der Waals surface area (Å²) in [5.74, 6) is 0.697. The molecule has 0 radical (unpaired) electrons. The largest absolute Gasteiger partial charge is 2.00 e. The van der Waals surface area contributed by atoms with E-state index in [-0.39, 0.29) is 80.3 Å². The van der Waals surface area contributed by atoms with E-state index in [0.717, 1.165) is 16.6 Å². The van der Waals surface area contributed by atoms with Gasteiger partial charge in [-0.1, -0.05) is 37.4 Å². The third-order valence-electron chi connectivity index (χ3n) is 4.96. The molecule has 0 atom stereocenters. The molecule has 2 aromatic heterocycles. The van der Waals surface area contributed by atoms with Gasteiger partial charge in [0.2, 0.25) is 0 Å². The Bertz CT molecular complexity index is 1460. The molecule has 0 aliphatic heterocycles. The van der Waals surface area contributed by atoms with Gasteiger partial charge < -0.3 is 28.4 Å². The molecule has 0 saturated carbocycles. The summed E-state index contributed by atoms with van der Waals surface area (Å²) in [5.41, 5.74) is 12.3. The van der Waals surface area contributed by atoms with Crippen molar-refractivity contribution in [2.24, 2.45) is 0 Å². The number of nitrogens with two attached hydrogens (primary N) is 2. The number of ketones is 1. The van der Waals surface area contributed by atoms with Gasteiger partial charge in [0.25, 0.3) is 5.91 Å². The Hall–Kier alpha value is -2.89. The monoisotopic (exact) mass is 717 g/mol. The summed E-state index contributed by atoms with van der Waals surface area (Å²) < 4.78 is 24.7. The number of hydroxylamine groups is 2. The normalized spacial score (nSPS) is 9.59. The van der Waals surface area contributed by atoms with E-state index in [1.807, 2.05) is 13.8 Å². The number of benzene rings is 2. The Balaban J connectivity index is 0.000000671. The zero-order valence-corrected chi connectivity index (χ0v) is 29.1. The third kappa shape index (κ3) is 13.4. The zero-order valence-electron chi connectivity index (χ0n) is 24.5. The summed E-state index contributed by atoms with van der Waals surface area (Å²) >= 11 is 2.91. The molecule has 230 valence electrons. The molecule has 4 rings (SSSR count). The number of thioether (sulfide) groups is 2. The van der Waals surface area contributed by atoms with E-state index >= 15 is 0 Å². The third-order valence-corrected chi connectivity index (χ3v) is 6.45. The number of nitrogens with zero attached hydrogens (tertiary/aromatic N) is 5. The van der Waals surface area contributed by atoms with E-state index < -0.39 is 5.82 Å². The summed E-state index contributed by atoms with van der Waals surface area (Å²) in [6.45, 7) is 3.96. The Morgan fingerprint density at radius 3 is 1.70 bits per heavy atom. The van der Waals surface area contributed by atoms with Gasteiger partial charge in [-0.3, -0.25) is 14.4 Å². The Morgan fingerprint density at radius 2 is 1.32 bits per heavy atom. The molecule has 2 aromatic carbocycles. The van der Waals surface area contributed by atoms with Crippen LogP contribution >= 0.6 is 23.5 Å². The first-order valence-electron chi connectivity index (χ1n) is 12.4. The Morgan fingerprint density at radius 1 is 0.864 bits per heavy atom. The van der Waals surface area contributed by atoms with Crippen LogP contribution in [0.3, 0.4) is 0 Å². The average molecular weight is 719 g/mol. The first-order valence-corrected chi connectivity index (χ1v) is 14.3. The van der Waals surface area contributed by atoms with Gasteiger partial charge in [-0.05, 0) is 35.8 Å². The van der Waals surface area contributed by atoms with Crippen molar-refractivity contribution in [1.82, 2.24) is 25.0 Å². The molecule has 4 aromatic rings. The fourth-order valence-corrected chi connectivity index (χ4v) is 3.97. The van der Waals surface area contributed by atoms with Gasteiger partial charge in [0.05, 0.1) is 12.7 Å². The van der Waals surface area contributed by atoms with Crippen LogP contribution in [0, 0.1) is 17.7 Å². The van der Waals surface area contributed by atoms with Gasteiger partial charge in [0.1, 0.15) is 23.0 Å². The van der Waals surface area contributed by atoms with Crippen LogP contribution in [0.1, 0.15) is 40.1 Å². The van der Waals surface area contributed by atoms with E-state index in [9.17, 15) is 18.4 Å². The summed E-state index contributed by atoms with van der Waals surface area (Å²) in [4.78, 5) is 44.8. The van der Waals surface area contributed by atoms with Gasteiger partial charge in [-0.25, -0.2) is 33.8 Å². The van der Waals surface area contributed by atoms with Gasteiger partial charge in [0.15, 0.2) is 16.1 Å². The summed E-state index contributed by atoms with van der Waals surface area (Å²) in [7, 11) is 2.90. The van der Waals surface area contributed by atoms with Gasteiger partial charge in [0, 0.05) is 30.8 Å². The van der Waals surface area contributed by atoms with Crippen molar-refractivity contribution >= 4 is 69.9 Å². The number of carbonyl (C=O) groups is 2. The number of aromatic nitrogens is 4. The van der Waals surface area contributed by atoms with Gasteiger partial charge in [-0.15, -0.1) is 12.1 Å². The number of amides is 1. The second-order valence-electron chi connectivity index (χ2n) is 7.81. The van der Waals surface area contributed by atoms with Crippen molar-refractivity contribution in [2.75, 3.05) is 37.1 Å². The Labute approximate surface area is 290 Å². The van der Waals surface area contributed by atoms with Crippen molar-refractivity contribution in [1.29, 1.82) is 0 Å². The van der Waals surface area contributed by atoms with Crippen LogP contribution in [-0.2, 0) is 4.84 Å². The van der Waals surface area contributed by atoms with E-state index in [1.54, 1.807) is 0 Å². The number of carbonyl (C=O) groups excluding carboxylic acids is 2. The summed E-state index contributed by atoms with van der Waals surface area (Å²) in [6, 6.07) is 13.8. The second-order valence-corrected chi connectivity index (χ2v) is 10.3. The molecular formula is C28H30BrF2MgN7O3S2.